The molecule has 1 heterocycles. The summed E-state index contributed by atoms with van der Waals surface area (Å²) in [5.74, 6) is 1.12. The van der Waals surface area contributed by atoms with Crippen LogP contribution in [-0.4, -0.2) is 25.0 Å². The number of rotatable bonds is 5. The molecule has 3 atom stereocenters. The van der Waals surface area contributed by atoms with Gasteiger partial charge in [0.2, 0.25) is 5.91 Å². The molecule has 0 spiro atoms. The van der Waals surface area contributed by atoms with Gasteiger partial charge in [0.1, 0.15) is 0 Å². The van der Waals surface area contributed by atoms with Gasteiger partial charge in [-0.2, -0.15) is 0 Å². The van der Waals surface area contributed by atoms with Crippen LogP contribution in [0, 0.1) is 11.8 Å². The van der Waals surface area contributed by atoms with Gasteiger partial charge in [-0.15, -0.1) is 12.4 Å². The number of carbonyl (C=O) groups is 1. The Morgan fingerprint density at radius 1 is 1.20 bits per heavy atom. The van der Waals surface area contributed by atoms with E-state index in [0.29, 0.717) is 11.8 Å². The standard InChI is InChI=1S/C16H24N2O.ClH/c1-11(14-7-5-4-6-8-14)13(3)18-16(19)12(2)15-9-17-10-15;/h4-8,11-13,15,17H,9-10H2,1-3H3,(H,18,19);1H. The molecule has 0 aromatic heterocycles. The van der Waals surface area contributed by atoms with Crippen LogP contribution in [0.1, 0.15) is 32.3 Å². The molecule has 0 aliphatic carbocycles. The van der Waals surface area contributed by atoms with E-state index in [1.807, 2.05) is 25.1 Å². The summed E-state index contributed by atoms with van der Waals surface area (Å²) in [6, 6.07) is 10.5. The molecule has 1 aromatic rings. The van der Waals surface area contributed by atoms with Crippen molar-refractivity contribution >= 4 is 18.3 Å². The number of amides is 1. The van der Waals surface area contributed by atoms with Gasteiger partial charge >= 0.3 is 0 Å². The van der Waals surface area contributed by atoms with Crippen molar-refractivity contribution in [3.8, 4) is 0 Å². The van der Waals surface area contributed by atoms with E-state index in [9.17, 15) is 4.79 Å². The summed E-state index contributed by atoms with van der Waals surface area (Å²) >= 11 is 0. The lowest BCUT2D eigenvalue weighted by Gasteiger charge is -2.33. The highest BCUT2D eigenvalue weighted by molar-refractivity contribution is 5.85. The monoisotopic (exact) mass is 296 g/mol. The number of halogens is 1. The first-order chi connectivity index (χ1) is 9.09. The minimum Gasteiger partial charge on any atom is -0.353 e. The van der Waals surface area contributed by atoms with Gasteiger partial charge in [0, 0.05) is 17.9 Å². The first-order valence-electron chi connectivity index (χ1n) is 7.15. The van der Waals surface area contributed by atoms with E-state index < -0.39 is 0 Å². The Bertz CT molecular complexity index is 420. The smallest absolute Gasteiger partial charge is 0.223 e. The van der Waals surface area contributed by atoms with Crippen molar-refractivity contribution in [1.82, 2.24) is 10.6 Å². The van der Waals surface area contributed by atoms with Crippen LogP contribution < -0.4 is 10.6 Å². The van der Waals surface area contributed by atoms with Crippen molar-refractivity contribution in [3.63, 3.8) is 0 Å². The van der Waals surface area contributed by atoms with Crippen LogP contribution in [-0.2, 0) is 4.79 Å². The molecule has 3 unspecified atom stereocenters. The number of nitrogens with one attached hydrogen (secondary N) is 2. The van der Waals surface area contributed by atoms with Gasteiger partial charge < -0.3 is 10.6 Å². The van der Waals surface area contributed by atoms with E-state index in [-0.39, 0.29) is 30.3 Å². The van der Waals surface area contributed by atoms with Crippen molar-refractivity contribution in [2.45, 2.75) is 32.7 Å². The Balaban J connectivity index is 0.00000200. The summed E-state index contributed by atoms with van der Waals surface area (Å²) in [5.41, 5.74) is 1.27. The minimum atomic E-state index is 0. The van der Waals surface area contributed by atoms with Crippen LogP contribution in [0.25, 0.3) is 0 Å². The van der Waals surface area contributed by atoms with Crippen molar-refractivity contribution in [2.75, 3.05) is 13.1 Å². The van der Waals surface area contributed by atoms with Crippen LogP contribution >= 0.6 is 12.4 Å². The van der Waals surface area contributed by atoms with E-state index in [2.05, 4.69) is 36.6 Å². The third kappa shape index (κ3) is 3.97. The highest BCUT2D eigenvalue weighted by Gasteiger charge is 2.29. The molecule has 4 heteroatoms. The molecule has 0 bridgehead atoms. The number of hydrogen-bond acceptors (Lipinski definition) is 2. The zero-order chi connectivity index (χ0) is 13.8. The number of hydrogen-bond donors (Lipinski definition) is 2. The maximum atomic E-state index is 12.2. The lowest BCUT2D eigenvalue weighted by Crippen LogP contribution is -2.51. The van der Waals surface area contributed by atoms with Crippen LogP contribution in [0.2, 0.25) is 0 Å². The van der Waals surface area contributed by atoms with Gasteiger partial charge in [0.25, 0.3) is 0 Å². The maximum Gasteiger partial charge on any atom is 0.223 e. The second-order valence-electron chi connectivity index (χ2n) is 5.70. The van der Waals surface area contributed by atoms with E-state index in [4.69, 9.17) is 0 Å². The Hall–Kier alpha value is -1.06. The molecule has 0 saturated carbocycles. The highest BCUT2D eigenvalue weighted by atomic mass is 35.5. The summed E-state index contributed by atoms with van der Waals surface area (Å²) in [6.45, 7) is 8.21. The Morgan fingerprint density at radius 2 is 1.80 bits per heavy atom. The molecule has 1 aliphatic heterocycles. The summed E-state index contributed by atoms with van der Waals surface area (Å²) in [5, 5.41) is 6.38. The zero-order valence-electron chi connectivity index (χ0n) is 12.4. The molecule has 112 valence electrons. The van der Waals surface area contributed by atoms with Gasteiger partial charge in [-0.1, -0.05) is 44.2 Å². The molecule has 3 nitrogen and oxygen atoms in total. The van der Waals surface area contributed by atoms with Crippen LogP contribution in [0.15, 0.2) is 30.3 Å². The third-order valence-electron chi connectivity index (χ3n) is 4.38. The third-order valence-corrected chi connectivity index (χ3v) is 4.38. The molecule has 1 amide bonds. The van der Waals surface area contributed by atoms with Gasteiger partial charge in [-0.05, 0) is 31.5 Å². The average Bonchev–Trinajstić information content (AvgIpc) is 2.36. The van der Waals surface area contributed by atoms with Crippen molar-refractivity contribution < 1.29 is 4.79 Å². The Kier molecular flexibility index (Phi) is 6.50. The van der Waals surface area contributed by atoms with Gasteiger partial charge in [0.05, 0.1) is 0 Å². The summed E-state index contributed by atoms with van der Waals surface area (Å²) < 4.78 is 0. The molecule has 1 aromatic carbocycles. The fourth-order valence-electron chi connectivity index (χ4n) is 2.40. The second kappa shape index (κ2) is 7.65. The quantitative estimate of drug-likeness (QED) is 0.877. The molecular weight excluding hydrogens is 272 g/mol. The predicted octanol–water partition coefficient (Wildman–Crippen LogP) is 2.57. The molecule has 2 N–H and O–H groups in total. The average molecular weight is 297 g/mol. The first-order valence-corrected chi connectivity index (χ1v) is 7.15. The van der Waals surface area contributed by atoms with E-state index in [1.54, 1.807) is 0 Å². The number of carbonyl (C=O) groups excluding carboxylic acids is 1. The molecule has 1 aliphatic rings. The SMILES string of the molecule is CC(NC(=O)C(C)C1CNC1)C(C)c1ccccc1.Cl. The zero-order valence-corrected chi connectivity index (χ0v) is 13.2. The van der Waals surface area contributed by atoms with Crippen molar-refractivity contribution in [2.24, 2.45) is 11.8 Å². The molecule has 2 rings (SSSR count). The van der Waals surface area contributed by atoms with Crippen LogP contribution in [0.3, 0.4) is 0 Å². The fraction of sp³-hybridized carbons (Fsp3) is 0.562. The predicted molar refractivity (Wildman–Crippen MR) is 85.2 cm³/mol. The van der Waals surface area contributed by atoms with E-state index >= 15 is 0 Å². The lowest BCUT2D eigenvalue weighted by molar-refractivity contribution is -0.127. The molecule has 0 radical (unpaired) electrons. The van der Waals surface area contributed by atoms with Crippen LogP contribution in [0.5, 0.6) is 0 Å². The Labute approximate surface area is 127 Å². The summed E-state index contributed by atoms with van der Waals surface area (Å²) in [4.78, 5) is 12.2. The molecule has 1 fully saturated rings. The minimum absolute atomic E-state index is 0. The second-order valence-corrected chi connectivity index (χ2v) is 5.70. The summed E-state index contributed by atoms with van der Waals surface area (Å²) in [6.07, 6.45) is 0. The molecule has 20 heavy (non-hydrogen) atoms. The summed E-state index contributed by atoms with van der Waals surface area (Å²) in [7, 11) is 0. The molecular formula is C16H25ClN2O. The fourth-order valence-corrected chi connectivity index (χ4v) is 2.40. The Morgan fingerprint density at radius 3 is 2.30 bits per heavy atom. The van der Waals surface area contributed by atoms with E-state index in [1.165, 1.54) is 5.56 Å². The maximum absolute atomic E-state index is 12.2. The highest BCUT2D eigenvalue weighted by Crippen LogP contribution is 2.20. The van der Waals surface area contributed by atoms with Gasteiger partial charge in [0.15, 0.2) is 0 Å². The van der Waals surface area contributed by atoms with Crippen LogP contribution in [0.4, 0.5) is 0 Å². The van der Waals surface area contributed by atoms with E-state index in [0.717, 1.165) is 13.1 Å². The topological polar surface area (TPSA) is 41.1 Å². The van der Waals surface area contributed by atoms with Gasteiger partial charge in [-0.25, -0.2) is 0 Å². The van der Waals surface area contributed by atoms with Gasteiger partial charge in [-0.3, -0.25) is 4.79 Å². The first kappa shape index (κ1) is 17.0. The van der Waals surface area contributed by atoms with Crippen molar-refractivity contribution in [3.05, 3.63) is 35.9 Å². The normalized spacial score (nSPS) is 19.1. The lowest BCUT2D eigenvalue weighted by atomic mass is 9.87. The largest absolute Gasteiger partial charge is 0.353 e. The molecule has 1 saturated heterocycles. The van der Waals surface area contributed by atoms with Crippen molar-refractivity contribution in [1.29, 1.82) is 0 Å². The number of benzene rings is 1.